The Bertz CT molecular complexity index is 1410. The molecule has 178 valence electrons. The predicted octanol–water partition coefficient (Wildman–Crippen LogP) is 4.01. The summed E-state index contributed by atoms with van der Waals surface area (Å²) in [4.78, 5) is 41.0. The zero-order valence-electron chi connectivity index (χ0n) is 20.2. The van der Waals surface area contributed by atoms with Gasteiger partial charge in [0.1, 0.15) is 12.6 Å². The van der Waals surface area contributed by atoms with Gasteiger partial charge in [-0.05, 0) is 60.2 Å². The van der Waals surface area contributed by atoms with Crippen LogP contribution in [0.25, 0.3) is 10.8 Å². The highest BCUT2D eigenvalue weighted by molar-refractivity contribution is 5.99. The summed E-state index contributed by atoms with van der Waals surface area (Å²) in [5, 5.41) is 4.29. The van der Waals surface area contributed by atoms with E-state index in [2.05, 4.69) is 5.32 Å². The third-order valence-corrected chi connectivity index (χ3v) is 6.30. The van der Waals surface area contributed by atoms with Gasteiger partial charge in [0.15, 0.2) is 0 Å². The summed E-state index contributed by atoms with van der Waals surface area (Å²) in [6.07, 6.45) is 1.97. The molecule has 1 aromatic heterocycles. The third-order valence-electron chi connectivity index (χ3n) is 6.30. The quantitative estimate of drug-likeness (QED) is 0.447. The van der Waals surface area contributed by atoms with E-state index in [0.717, 1.165) is 27.8 Å². The predicted molar refractivity (Wildman–Crippen MR) is 140 cm³/mol. The molecule has 0 radical (unpaired) electrons. The van der Waals surface area contributed by atoms with E-state index in [0.29, 0.717) is 11.8 Å². The zero-order chi connectivity index (χ0) is 24.9. The highest BCUT2D eigenvalue weighted by Gasteiger charge is 2.25. The number of fused-ring (bicyclic) bond motifs is 1. The summed E-state index contributed by atoms with van der Waals surface area (Å²) in [5.41, 5.74) is 3.57. The van der Waals surface area contributed by atoms with Crippen LogP contribution in [0, 0.1) is 13.8 Å². The van der Waals surface area contributed by atoms with Gasteiger partial charge in [0.25, 0.3) is 5.56 Å². The number of pyridine rings is 1. The Morgan fingerprint density at radius 3 is 2.23 bits per heavy atom. The fraction of sp³-hybridized carbons (Fsp3) is 0.207. The maximum Gasteiger partial charge on any atom is 0.258 e. The molecule has 2 amide bonds. The van der Waals surface area contributed by atoms with Crippen LogP contribution < -0.4 is 15.8 Å². The van der Waals surface area contributed by atoms with Crippen molar-refractivity contribution >= 4 is 28.3 Å². The largest absolute Gasteiger partial charge is 0.342 e. The summed E-state index contributed by atoms with van der Waals surface area (Å²) in [7, 11) is 1.69. The van der Waals surface area contributed by atoms with Crippen molar-refractivity contribution in [3.05, 3.63) is 112 Å². The number of hydrogen-bond acceptors (Lipinski definition) is 3. The molecule has 0 aliphatic carbocycles. The number of anilines is 1. The third kappa shape index (κ3) is 5.49. The number of para-hydroxylation sites is 1. The van der Waals surface area contributed by atoms with Crippen molar-refractivity contribution in [2.24, 2.45) is 0 Å². The number of carbonyl (C=O) groups is 2. The van der Waals surface area contributed by atoms with Crippen molar-refractivity contribution in [3.8, 4) is 0 Å². The van der Waals surface area contributed by atoms with Gasteiger partial charge in [0.05, 0.1) is 0 Å². The molecule has 0 aliphatic rings. The molecule has 4 aromatic rings. The van der Waals surface area contributed by atoms with E-state index in [4.69, 9.17) is 0 Å². The average molecular weight is 468 g/mol. The molecule has 0 saturated carbocycles. The smallest absolute Gasteiger partial charge is 0.258 e. The zero-order valence-corrected chi connectivity index (χ0v) is 20.2. The van der Waals surface area contributed by atoms with Crippen LogP contribution in [-0.4, -0.2) is 29.5 Å². The van der Waals surface area contributed by atoms with Crippen LogP contribution in [0.3, 0.4) is 0 Å². The lowest BCUT2D eigenvalue weighted by Gasteiger charge is -2.25. The van der Waals surface area contributed by atoms with E-state index >= 15 is 0 Å². The topological polar surface area (TPSA) is 71.4 Å². The number of aryl methyl sites for hydroxylation is 2. The number of likely N-dealkylation sites (N-methyl/N-ethyl adjacent to an activating group) is 1. The number of carbonyl (C=O) groups excluding carboxylic acids is 2. The maximum absolute atomic E-state index is 13.4. The molecule has 1 N–H and O–H groups in total. The van der Waals surface area contributed by atoms with Gasteiger partial charge in [-0.25, -0.2) is 0 Å². The van der Waals surface area contributed by atoms with E-state index in [1.54, 1.807) is 18.1 Å². The Morgan fingerprint density at radius 2 is 1.54 bits per heavy atom. The summed E-state index contributed by atoms with van der Waals surface area (Å²) in [6.45, 7) is 3.79. The Morgan fingerprint density at radius 1 is 0.914 bits per heavy atom. The normalized spacial score (nSPS) is 11.7. The average Bonchev–Trinajstić information content (AvgIpc) is 2.87. The van der Waals surface area contributed by atoms with Crippen LogP contribution in [0.5, 0.6) is 0 Å². The first kappa shape index (κ1) is 24.0. The fourth-order valence-corrected chi connectivity index (χ4v) is 4.14. The molecule has 35 heavy (non-hydrogen) atoms. The van der Waals surface area contributed by atoms with E-state index in [1.165, 1.54) is 4.57 Å². The van der Waals surface area contributed by atoms with Crippen LogP contribution in [0.2, 0.25) is 0 Å². The molecule has 1 unspecified atom stereocenters. The molecule has 6 heteroatoms. The van der Waals surface area contributed by atoms with Crippen LogP contribution in [0.1, 0.15) is 16.7 Å². The SMILES string of the molecule is Cc1cc2ccn(CC(=O)NC(Cc3ccccc3)C(=O)N(C)c3ccccc3)c(=O)c2cc1C. The van der Waals surface area contributed by atoms with Gasteiger partial charge >= 0.3 is 0 Å². The van der Waals surface area contributed by atoms with Gasteiger partial charge in [-0.2, -0.15) is 0 Å². The van der Waals surface area contributed by atoms with E-state index < -0.39 is 11.9 Å². The number of benzene rings is 3. The summed E-state index contributed by atoms with van der Waals surface area (Å²) in [5.74, 6) is -0.628. The van der Waals surface area contributed by atoms with Crippen LogP contribution in [0.15, 0.2) is 89.9 Å². The summed E-state index contributed by atoms with van der Waals surface area (Å²) < 4.78 is 1.39. The van der Waals surface area contributed by atoms with Gasteiger partial charge < -0.3 is 14.8 Å². The van der Waals surface area contributed by atoms with Crippen molar-refractivity contribution in [2.75, 3.05) is 11.9 Å². The lowest BCUT2D eigenvalue weighted by atomic mass is 10.0. The van der Waals surface area contributed by atoms with E-state index in [-0.39, 0.29) is 18.0 Å². The number of nitrogens with one attached hydrogen (secondary N) is 1. The molecule has 6 nitrogen and oxygen atoms in total. The lowest BCUT2D eigenvalue weighted by Crippen LogP contribution is -2.50. The van der Waals surface area contributed by atoms with Gasteiger partial charge in [-0.15, -0.1) is 0 Å². The first-order valence-corrected chi connectivity index (χ1v) is 11.6. The highest BCUT2D eigenvalue weighted by Crippen LogP contribution is 2.17. The van der Waals surface area contributed by atoms with Gasteiger partial charge in [-0.1, -0.05) is 54.6 Å². The first-order chi connectivity index (χ1) is 16.8. The van der Waals surface area contributed by atoms with Crippen LogP contribution in [-0.2, 0) is 22.6 Å². The lowest BCUT2D eigenvalue weighted by molar-refractivity contribution is -0.127. The number of rotatable bonds is 7. The second-order valence-electron chi connectivity index (χ2n) is 8.82. The molecule has 0 fully saturated rings. The first-order valence-electron chi connectivity index (χ1n) is 11.6. The monoisotopic (exact) mass is 467 g/mol. The molecule has 4 rings (SSSR count). The number of aromatic nitrogens is 1. The second kappa shape index (κ2) is 10.4. The second-order valence-corrected chi connectivity index (χ2v) is 8.82. The van der Waals surface area contributed by atoms with Crippen molar-refractivity contribution < 1.29 is 9.59 Å². The van der Waals surface area contributed by atoms with Crippen LogP contribution in [0.4, 0.5) is 5.69 Å². The van der Waals surface area contributed by atoms with E-state index in [9.17, 15) is 14.4 Å². The molecule has 1 atom stereocenters. The Labute approximate surface area is 204 Å². The molecule has 0 spiro atoms. The van der Waals surface area contributed by atoms with Gasteiger partial charge in [-0.3, -0.25) is 14.4 Å². The minimum atomic E-state index is -0.781. The molecule has 3 aromatic carbocycles. The molecular formula is C29H29N3O3. The molecule has 0 aliphatic heterocycles. The summed E-state index contributed by atoms with van der Waals surface area (Å²) >= 11 is 0. The fourth-order valence-electron chi connectivity index (χ4n) is 4.14. The highest BCUT2D eigenvalue weighted by atomic mass is 16.2. The standard InChI is InChI=1S/C29H29N3O3/c1-20-16-23-14-15-32(28(34)25(23)17-21(20)2)19-27(33)30-26(18-22-10-6-4-7-11-22)29(35)31(3)24-12-8-5-9-13-24/h4-17,26H,18-19H2,1-3H3,(H,30,33). The molecule has 1 heterocycles. The minimum Gasteiger partial charge on any atom is -0.342 e. The Kier molecular flexibility index (Phi) is 7.11. The molecule has 0 bridgehead atoms. The molecule has 0 saturated heterocycles. The van der Waals surface area contributed by atoms with Crippen molar-refractivity contribution in [2.45, 2.75) is 32.9 Å². The van der Waals surface area contributed by atoms with E-state index in [1.807, 2.05) is 92.7 Å². The number of amides is 2. The number of hydrogen-bond donors (Lipinski definition) is 1. The Balaban J connectivity index is 1.57. The Hall–Kier alpha value is -4.19. The van der Waals surface area contributed by atoms with Crippen molar-refractivity contribution in [1.29, 1.82) is 0 Å². The molecular weight excluding hydrogens is 438 g/mol. The minimum absolute atomic E-state index is 0.171. The van der Waals surface area contributed by atoms with Crippen molar-refractivity contribution in [3.63, 3.8) is 0 Å². The van der Waals surface area contributed by atoms with Crippen molar-refractivity contribution in [1.82, 2.24) is 9.88 Å². The number of nitrogens with zero attached hydrogens (tertiary/aromatic N) is 2. The van der Waals surface area contributed by atoms with Gasteiger partial charge in [0, 0.05) is 30.7 Å². The maximum atomic E-state index is 13.4. The van der Waals surface area contributed by atoms with Crippen LogP contribution >= 0.6 is 0 Å². The van der Waals surface area contributed by atoms with Gasteiger partial charge in [0.2, 0.25) is 11.8 Å². The summed E-state index contributed by atoms with van der Waals surface area (Å²) in [6, 6.07) is 23.7.